The Kier molecular flexibility index (Phi) is 5.65. The summed E-state index contributed by atoms with van der Waals surface area (Å²) in [5.41, 5.74) is -0.0335. The molecule has 0 spiro atoms. The molecule has 3 aromatic rings. The summed E-state index contributed by atoms with van der Waals surface area (Å²) in [4.78, 5) is 12.4. The van der Waals surface area contributed by atoms with E-state index in [0.29, 0.717) is 5.56 Å². The highest BCUT2D eigenvalue weighted by molar-refractivity contribution is 9.10. The SMILES string of the molecule is O=c1c(Br)c(OCc2ccc(F)c(F)c2F)ccn1Cc1cccc(F)c1. The summed E-state index contributed by atoms with van der Waals surface area (Å²) in [5, 5.41) is 0. The van der Waals surface area contributed by atoms with Gasteiger partial charge in [-0.25, -0.2) is 17.6 Å². The van der Waals surface area contributed by atoms with Gasteiger partial charge < -0.3 is 9.30 Å². The van der Waals surface area contributed by atoms with E-state index in [1.807, 2.05) is 0 Å². The molecule has 0 amide bonds. The zero-order valence-corrected chi connectivity index (χ0v) is 15.3. The molecule has 27 heavy (non-hydrogen) atoms. The summed E-state index contributed by atoms with van der Waals surface area (Å²) in [5.74, 6) is -4.52. The van der Waals surface area contributed by atoms with Crippen LogP contribution in [0.15, 0.2) is 57.9 Å². The lowest BCUT2D eigenvalue weighted by Crippen LogP contribution is -2.21. The molecule has 140 valence electrons. The van der Waals surface area contributed by atoms with E-state index < -0.39 is 35.4 Å². The van der Waals surface area contributed by atoms with Crippen molar-refractivity contribution in [2.75, 3.05) is 0 Å². The van der Waals surface area contributed by atoms with E-state index in [2.05, 4.69) is 15.9 Å². The predicted octanol–water partition coefficient (Wildman–Crippen LogP) is 4.79. The van der Waals surface area contributed by atoms with Gasteiger partial charge in [0.25, 0.3) is 5.56 Å². The minimum absolute atomic E-state index is 0.0735. The fourth-order valence-corrected chi connectivity index (χ4v) is 2.91. The maximum Gasteiger partial charge on any atom is 0.268 e. The summed E-state index contributed by atoms with van der Waals surface area (Å²) in [6.45, 7) is -0.248. The van der Waals surface area contributed by atoms with Gasteiger partial charge in [0.1, 0.15) is 22.6 Å². The highest BCUT2D eigenvalue weighted by Gasteiger charge is 2.15. The van der Waals surface area contributed by atoms with Crippen LogP contribution in [-0.2, 0) is 13.2 Å². The third-order valence-electron chi connectivity index (χ3n) is 3.81. The highest BCUT2D eigenvalue weighted by atomic mass is 79.9. The van der Waals surface area contributed by atoms with E-state index in [4.69, 9.17) is 4.74 Å². The highest BCUT2D eigenvalue weighted by Crippen LogP contribution is 2.23. The van der Waals surface area contributed by atoms with Crippen LogP contribution in [0.2, 0.25) is 0 Å². The Morgan fingerprint density at radius 1 is 1.00 bits per heavy atom. The molecule has 0 aliphatic rings. The van der Waals surface area contributed by atoms with Crippen molar-refractivity contribution in [1.29, 1.82) is 0 Å². The van der Waals surface area contributed by atoms with Crippen LogP contribution in [0.4, 0.5) is 17.6 Å². The van der Waals surface area contributed by atoms with Crippen molar-refractivity contribution in [3.05, 3.63) is 97.9 Å². The number of pyridine rings is 1. The molecule has 0 atom stereocenters. The predicted molar refractivity (Wildman–Crippen MR) is 94.6 cm³/mol. The van der Waals surface area contributed by atoms with E-state index in [1.165, 1.54) is 29.0 Å². The molecule has 0 fully saturated rings. The van der Waals surface area contributed by atoms with Crippen LogP contribution in [0.3, 0.4) is 0 Å². The number of hydrogen-bond donors (Lipinski definition) is 0. The van der Waals surface area contributed by atoms with Crippen LogP contribution in [0.5, 0.6) is 5.75 Å². The van der Waals surface area contributed by atoms with E-state index in [-0.39, 0.29) is 22.3 Å². The number of ether oxygens (including phenoxy) is 1. The topological polar surface area (TPSA) is 31.2 Å². The second-order valence-electron chi connectivity index (χ2n) is 5.68. The van der Waals surface area contributed by atoms with Gasteiger partial charge in [0.15, 0.2) is 17.5 Å². The fraction of sp³-hybridized carbons (Fsp3) is 0.105. The zero-order chi connectivity index (χ0) is 19.6. The van der Waals surface area contributed by atoms with Crippen molar-refractivity contribution in [2.45, 2.75) is 13.2 Å². The first kappa shape index (κ1) is 19.2. The largest absolute Gasteiger partial charge is 0.487 e. The molecule has 0 aliphatic carbocycles. The molecular weight excluding hydrogens is 430 g/mol. The zero-order valence-electron chi connectivity index (χ0n) is 13.7. The molecule has 1 aromatic heterocycles. The molecular formula is C19H12BrF4NO2. The van der Waals surface area contributed by atoms with E-state index in [0.717, 1.165) is 12.1 Å². The Labute approximate surface area is 160 Å². The second-order valence-corrected chi connectivity index (χ2v) is 6.47. The first-order chi connectivity index (χ1) is 12.9. The Morgan fingerprint density at radius 2 is 1.78 bits per heavy atom. The normalized spacial score (nSPS) is 10.9. The van der Waals surface area contributed by atoms with Gasteiger partial charge in [-0.2, -0.15) is 0 Å². The van der Waals surface area contributed by atoms with Crippen LogP contribution in [0.1, 0.15) is 11.1 Å². The monoisotopic (exact) mass is 441 g/mol. The Bertz CT molecular complexity index is 1050. The number of aromatic nitrogens is 1. The van der Waals surface area contributed by atoms with Crippen molar-refractivity contribution in [2.24, 2.45) is 0 Å². The van der Waals surface area contributed by atoms with E-state index in [1.54, 1.807) is 12.1 Å². The number of nitrogens with zero attached hydrogens (tertiary/aromatic N) is 1. The molecule has 3 nitrogen and oxygen atoms in total. The summed E-state index contributed by atoms with van der Waals surface area (Å²) in [6, 6.07) is 9.16. The molecule has 3 rings (SSSR count). The lowest BCUT2D eigenvalue weighted by atomic mass is 10.2. The van der Waals surface area contributed by atoms with E-state index >= 15 is 0 Å². The quantitative estimate of drug-likeness (QED) is 0.420. The second kappa shape index (κ2) is 7.96. The van der Waals surface area contributed by atoms with Crippen molar-refractivity contribution in [3.8, 4) is 5.75 Å². The lowest BCUT2D eigenvalue weighted by molar-refractivity contribution is 0.292. The number of rotatable bonds is 5. The maximum atomic E-state index is 13.7. The Hall–Kier alpha value is -2.61. The number of benzene rings is 2. The number of hydrogen-bond acceptors (Lipinski definition) is 2. The average molecular weight is 442 g/mol. The number of halogens is 5. The minimum atomic E-state index is -1.58. The van der Waals surface area contributed by atoms with Gasteiger partial charge >= 0.3 is 0 Å². The molecule has 0 saturated carbocycles. The molecule has 0 unspecified atom stereocenters. The Balaban J connectivity index is 1.79. The molecule has 8 heteroatoms. The average Bonchev–Trinajstić information content (AvgIpc) is 2.64. The maximum absolute atomic E-state index is 13.7. The van der Waals surface area contributed by atoms with Gasteiger partial charge in [0, 0.05) is 11.8 Å². The van der Waals surface area contributed by atoms with Crippen molar-refractivity contribution < 1.29 is 22.3 Å². The minimum Gasteiger partial charge on any atom is -0.487 e. The van der Waals surface area contributed by atoms with Crippen LogP contribution < -0.4 is 10.3 Å². The van der Waals surface area contributed by atoms with Crippen molar-refractivity contribution in [1.82, 2.24) is 4.57 Å². The summed E-state index contributed by atoms with van der Waals surface area (Å²) >= 11 is 3.12. The summed E-state index contributed by atoms with van der Waals surface area (Å²) in [7, 11) is 0. The van der Waals surface area contributed by atoms with Gasteiger partial charge in [0.2, 0.25) is 0 Å². The molecule has 0 N–H and O–H groups in total. The molecule has 0 radical (unpaired) electrons. The molecule has 0 aliphatic heterocycles. The first-order valence-corrected chi connectivity index (χ1v) is 8.54. The standard InChI is InChI=1S/C19H12BrF4NO2/c20-16-15(27-10-12-4-5-14(22)18(24)17(12)23)6-7-25(19(16)26)9-11-2-1-3-13(21)8-11/h1-8H,9-10H2. The fourth-order valence-electron chi connectivity index (χ4n) is 2.43. The van der Waals surface area contributed by atoms with Crippen LogP contribution >= 0.6 is 15.9 Å². The van der Waals surface area contributed by atoms with Crippen LogP contribution in [0, 0.1) is 23.3 Å². The van der Waals surface area contributed by atoms with Gasteiger partial charge in [-0.1, -0.05) is 12.1 Å². The van der Waals surface area contributed by atoms with Crippen molar-refractivity contribution in [3.63, 3.8) is 0 Å². The first-order valence-electron chi connectivity index (χ1n) is 7.75. The summed E-state index contributed by atoms with van der Waals surface area (Å²) < 4.78 is 59.9. The van der Waals surface area contributed by atoms with Gasteiger partial charge in [0.05, 0.1) is 6.54 Å². The smallest absolute Gasteiger partial charge is 0.268 e. The Morgan fingerprint density at radius 3 is 2.52 bits per heavy atom. The van der Waals surface area contributed by atoms with Gasteiger partial charge in [-0.05, 0) is 51.8 Å². The molecule has 0 bridgehead atoms. The van der Waals surface area contributed by atoms with Gasteiger partial charge in [-0.15, -0.1) is 0 Å². The van der Waals surface area contributed by atoms with Crippen molar-refractivity contribution >= 4 is 15.9 Å². The molecule has 0 saturated heterocycles. The third kappa shape index (κ3) is 4.21. The van der Waals surface area contributed by atoms with E-state index in [9.17, 15) is 22.4 Å². The lowest BCUT2D eigenvalue weighted by Gasteiger charge is -2.12. The van der Waals surface area contributed by atoms with Crippen LogP contribution in [-0.4, -0.2) is 4.57 Å². The van der Waals surface area contributed by atoms with Crippen LogP contribution in [0.25, 0.3) is 0 Å². The summed E-state index contributed by atoms with van der Waals surface area (Å²) in [6.07, 6.45) is 1.44. The molecule has 1 heterocycles. The molecule has 2 aromatic carbocycles. The van der Waals surface area contributed by atoms with Gasteiger partial charge in [-0.3, -0.25) is 4.79 Å². The third-order valence-corrected chi connectivity index (χ3v) is 4.54.